The van der Waals surface area contributed by atoms with Crippen LogP contribution in [-0.4, -0.2) is 54.4 Å². The van der Waals surface area contributed by atoms with E-state index >= 15 is 0 Å². The van der Waals surface area contributed by atoms with E-state index in [9.17, 15) is 14.9 Å². The fraction of sp³-hybridized carbons (Fsp3) is 0.211. The number of nitrogens with one attached hydrogen (secondary N) is 1. The summed E-state index contributed by atoms with van der Waals surface area (Å²) in [5.41, 5.74) is 6.27. The number of aromatic nitrogens is 2. The molecular weight excluding hydrogens is 777 g/mol. The smallest absolute Gasteiger partial charge is 1.00 e. The van der Waals surface area contributed by atoms with Crippen molar-refractivity contribution < 1.29 is 129 Å². The van der Waals surface area contributed by atoms with Crippen LogP contribution in [0.3, 0.4) is 0 Å². The van der Waals surface area contributed by atoms with Crippen molar-refractivity contribution in [3.63, 3.8) is 0 Å². The molecule has 0 saturated carbocycles. The first-order chi connectivity index (χ1) is 25.5. The Kier molecular flexibility index (Phi) is 18.1. The Bertz CT molecular complexity index is 2170. The summed E-state index contributed by atoms with van der Waals surface area (Å²) in [6.07, 6.45) is 6.10. The predicted octanol–water partition coefficient (Wildman–Crippen LogP) is -0.194. The minimum Gasteiger partial charge on any atom is -1.00 e. The van der Waals surface area contributed by atoms with E-state index in [1.165, 1.54) is 27.4 Å². The molecule has 54 heavy (non-hydrogen) atoms. The van der Waals surface area contributed by atoms with Crippen LogP contribution in [0.2, 0.25) is 0 Å². The van der Waals surface area contributed by atoms with Crippen molar-refractivity contribution in [2.75, 3.05) is 46.2 Å². The number of nitriles is 1. The second-order valence-corrected chi connectivity index (χ2v) is 13.8. The van der Waals surface area contributed by atoms with E-state index in [0.29, 0.717) is 11.7 Å². The first-order valence-corrected chi connectivity index (χ1v) is 18.2. The Balaban J connectivity index is 0.000000257. The van der Waals surface area contributed by atoms with Gasteiger partial charge in [-0.2, -0.15) is 5.26 Å². The van der Waals surface area contributed by atoms with Crippen molar-refractivity contribution in [1.82, 2.24) is 9.97 Å². The number of hydrogen-bond acceptors (Lipinski definition) is 12. The minimum atomic E-state index is -0.181. The van der Waals surface area contributed by atoms with Crippen LogP contribution < -0.4 is 128 Å². The summed E-state index contributed by atoms with van der Waals surface area (Å²) >= 11 is 3.00. The van der Waals surface area contributed by atoms with E-state index < -0.39 is 0 Å². The molecule has 6 aromatic rings. The van der Waals surface area contributed by atoms with Crippen molar-refractivity contribution in [1.29, 1.82) is 5.26 Å². The average Bonchev–Trinajstić information content (AvgIpc) is 3.83. The first kappa shape index (κ1) is 44.1. The zero-order chi connectivity index (χ0) is 36.3. The minimum absolute atomic E-state index is 0. The van der Waals surface area contributed by atoms with E-state index in [4.69, 9.17) is 10.1 Å². The summed E-state index contributed by atoms with van der Waals surface area (Å²) < 4.78 is 2.14. The van der Waals surface area contributed by atoms with Crippen LogP contribution in [0.1, 0.15) is 25.4 Å². The Morgan fingerprint density at radius 3 is 1.85 bits per heavy atom. The van der Waals surface area contributed by atoms with Crippen LogP contribution in [-0.2, 0) is 32.1 Å². The van der Waals surface area contributed by atoms with Gasteiger partial charge >= 0.3 is 103 Å². The molecule has 0 spiro atoms. The molecule has 0 fully saturated rings. The van der Waals surface area contributed by atoms with E-state index in [0.717, 1.165) is 69.2 Å². The third-order valence-corrected chi connectivity index (χ3v) is 10.5. The second kappa shape index (κ2) is 22.2. The van der Waals surface area contributed by atoms with E-state index in [1.807, 2.05) is 89.8 Å². The van der Waals surface area contributed by atoms with Crippen molar-refractivity contribution in [3.8, 4) is 6.19 Å². The summed E-state index contributed by atoms with van der Waals surface area (Å²) in [5.74, 6) is 0.0179. The second-order valence-electron chi connectivity index (χ2n) is 11.7. The maximum Gasteiger partial charge on any atom is 1.00 e. The number of aryl methyl sites for hydroxylation is 2. The van der Waals surface area contributed by atoms with Gasteiger partial charge in [0.15, 0.2) is 16.5 Å². The molecule has 0 aliphatic carbocycles. The Morgan fingerprint density at radius 1 is 0.815 bits per heavy atom. The number of amides is 2. The monoisotopic (exact) mass is 811 g/mol. The fourth-order valence-corrected chi connectivity index (χ4v) is 7.90. The maximum absolute atomic E-state index is 12.8. The molecule has 2 aliphatic heterocycles. The Hall–Kier alpha value is -2.61. The summed E-state index contributed by atoms with van der Waals surface area (Å²) in [6, 6.07) is 31.9. The number of thiazole rings is 2. The number of carbonyl (C=O) groups is 3. The van der Waals surface area contributed by atoms with Gasteiger partial charge in [0.25, 0.3) is 6.47 Å². The van der Waals surface area contributed by atoms with E-state index in [-0.39, 0.29) is 136 Å². The molecule has 0 saturated heterocycles. The van der Waals surface area contributed by atoms with Gasteiger partial charge in [-0.25, -0.2) is 14.9 Å². The normalized spacial score (nSPS) is 12.4. The number of para-hydroxylation sites is 4. The largest absolute Gasteiger partial charge is 1.00 e. The molecule has 2 aromatic heterocycles. The van der Waals surface area contributed by atoms with Crippen molar-refractivity contribution >= 4 is 83.0 Å². The number of anilines is 4. The third-order valence-electron chi connectivity index (χ3n) is 8.47. The van der Waals surface area contributed by atoms with E-state index in [2.05, 4.69) is 38.5 Å². The standard InChI is InChI=1S/C19H16N4OS.C18H17N3OS.CH2O3.2K.H/c20-13-22(19-21-15-8-2-4-10-17(15)25-19)12-18(24)23-11-5-7-14-6-1-3-9-16(14)23;22-17(21-11-5-7-13-6-1-3-9-15(13)21)12-19-18-20-14-8-2-4-10-16(14)23-18;2-1-4-3;;;/h1-4,6,8-10H,5,7,11-12H2;1-4,6,8-10H,5,7,11-12H2,(H,19,20);1,3H;;;/q;;;2*+1;-1/p-1. The molecule has 8 rings (SSSR count). The molecule has 0 radical (unpaired) electrons. The molecule has 1 N–H and O–H groups in total. The van der Waals surface area contributed by atoms with Crippen LogP contribution in [0.5, 0.6) is 0 Å². The summed E-state index contributed by atoms with van der Waals surface area (Å²) in [6.45, 7) is 1.57. The molecule has 0 atom stereocenters. The van der Waals surface area contributed by atoms with Crippen LogP contribution in [0.25, 0.3) is 20.4 Å². The van der Waals surface area contributed by atoms with Gasteiger partial charge in [-0.05, 0) is 73.2 Å². The van der Waals surface area contributed by atoms with Gasteiger partial charge in [0.1, 0.15) is 6.54 Å². The molecule has 4 heterocycles. The number of nitrogens with zero attached hydrogens (tertiary/aromatic N) is 6. The molecule has 0 bridgehead atoms. The van der Waals surface area contributed by atoms with Crippen LogP contribution in [0, 0.1) is 11.5 Å². The Labute approximate surface area is 407 Å². The SMILES string of the molecule is N#CN(CC(=O)N1CCCc2ccccc21)c1nc2ccccc2s1.O=C(CNc1nc2ccccc2s1)N1CCCc2ccccc21.O=CO[O-].[H-].[K+].[K+]. The van der Waals surface area contributed by atoms with Gasteiger partial charge in [0.2, 0.25) is 11.8 Å². The number of rotatable bonds is 7. The maximum atomic E-state index is 12.8. The van der Waals surface area contributed by atoms with Gasteiger partial charge in [-0.15, -0.1) is 0 Å². The number of fused-ring (bicyclic) bond motifs is 4. The number of hydrogen-bond donors (Lipinski definition) is 1. The molecule has 2 aliphatic rings. The van der Waals surface area contributed by atoms with Crippen molar-refractivity contribution in [2.24, 2.45) is 0 Å². The van der Waals surface area contributed by atoms with Crippen molar-refractivity contribution in [2.45, 2.75) is 25.7 Å². The molecule has 0 unspecified atom stereocenters. The first-order valence-electron chi connectivity index (χ1n) is 16.6. The predicted molar refractivity (Wildman–Crippen MR) is 203 cm³/mol. The van der Waals surface area contributed by atoms with Crippen LogP contribution in [0.4, 0.5) is 21.6 Å². The summed E-state index contributed by atoms with van der Waals surface area (Å²) in [4.78, 5) is 50.7. The van der Waals surface area contributed by atoms with Gasteiger partial charge in [-0.1, -0.05) is 83.3 Å². The molecule has 12 nitrogen and oxygen atoms in total. The topological polar surface area (TPSA) is 155 Å². The number of benzene rings is 4. The molecule has 4 aromatic carbocycles. The van der Waals surface area contributed by atoms with Gasteiger partial charge < -0.3 is 26.7 Å². The fourth-order valence-electron chi connectivity index (χ4n) is 6.12. The average molecular weight is 812 g/mol. The van der Waals surface area contributed by atoms with E-state index in [1.54, 1.807) is 16.2 Å². The van der Waals surface area contributed by atoms with Gasteiger partial charge in [-0.3, -0.25) is 14.4 Å². The molecular formula is C38H35K2N7O5S2. The number of carbonyl (C=O) groups excluding carboxylic acids is 3. The Morgan fingerprint density at radius 2 is 1.31 bits per heavy atom. The van der Waals surface area contributed by atoms with Crippen LogP contribution >= 0.6 is 22.7 Å². The summed E-state index contributed by atoms with van der Waals surface area (Å²) in [5, 5.41) is 22.5. The van der Waals surface area contributed by atoms with Gasteiger partial charge in [0.05, 0.1) is 27.0 Å². The quantitative estimate of drug-likeness (QED) is 0.0573. The van der Waals surface area contributed by atoms with Crippen molar-refractivity contribution in [3.05, 3.63) is 108 Å². The molecule has 16 heteroatoms. The van der Waals surface area contributed by atoms with Crippen LogP contribution in [0.15, 0.2) is 97.1 Å². The summed E-state index contributed by atoms with van der Waals surface area (Å²) in [7, 11) is 0. The van der Waals surface area contributed by atoms with Gasteiger partial charge in [0, 0.05) is 24.5 Å². The zero-order valence-electron chi connectivity index (χ0n) is 31.0. The third kappa shape index (κ3) is 11.3. The molecule has 266 valence electrons. The molecule has 2 amide bonds. The zero-order valence-corrected chi connectivity index (χ0v) is 37.9.